The lowest BCUT2D eigenvalue weighted by Gasteiger charge is -2.12. The summed E-state index contributed by atoms with van der Waals surface area (Å²) in [6, 6.07) is 12.8. The minimum Gasteiger partial charge on any atom is -0.482 e. The van der Waals surface area contributed by atoms with Gasteiger partial charge >= 0.3 is 5.97 Å². The van der Waals surface area contributed by atoms with Crippen molar-refractivity contribution in [1.29, 1.82) is 0 Å². The summed E-state index contributed by atoms with van der Waals surface area (Å²) in [5, 5.41) is 0. The molecule has 0 aliphatic rings. The summed E-state index contributed by atoms with van der Waals surface area (Å²) in [6.07, 6.45) is 0. The molecule has 2 heterocycles. The van der Waals surface area contributed by atoms with Gasteiger partial charge in [-0.2, -0.15) is 0 Å². The molecule has 0 bridgehead atoms. The summed E-state index contributed by atoms with van der Waals surface area (Å²) >= 11 is 0. The first kappa shape index (κ1) is 19.6. The van der Waals surface area contributed by atoms with Crippen molar-refractivity contribution in [1.82, 2.24) is 9.38 Å². The average molecular weight is 380 g/mol. The van der Waals surface area contributed by atoms with E-state index in [2.05, 4.69) is 24.9 Å². The maximum absolute atomic E-state index is 12.3. The molecule has 1 aromatic carbocycles. The van der Waals surface area contributed by atoms with Crippen LogP contribution in [0.3, 0.4) is 0 Å². The van der Waals surface area contributed by atoms with E-state index in [4.69, 9.17) is 9.47 Å². The van der Waals surface area contributed by atoms with Crippen molar-refractivity contribution in [2.75, 3.05) is 6.61 Å². The third-order valence-electron chi connectivity index (χ3n) is 4.54. The van der Waals surface area contributed by atoms with Gasteiger partial charge in [0.25, 0.3) is 5.56 Å². The molecule has 0 saturated carbocycles. The van der Waals surface area contributed by atoms with E-state index in [1.54, 1.807) is 6.07 Å². The van der Waals surface area contributed by atoms with Crippen LogP contribution in [0.25, 0.3) is 5.65 Å². The number of ether oxygens (including phenoxy) is 2. The van der Waals surface area contributed by atoms with E-state index >= 15 is 0 Å². The van der Waals surface area contributed by atoms with Crippen LogP contribution in [0.1, 0.15) is 42.3 Å². The van der Waals surface area contributed by atoms with E-state index in [1.807, 2.05) is 38.1 Å². The van der Waals surface area contributed by atoms with Gasteiger partial charge in [0, 0.05) is 11.8 Å². The van der Waals surface area contributed by atoms with Gasteiger partial charge in [-0.15, -0.1) is 0 Å². The fraction of sp³-hybridized carbons (Fsp3) is 0.318. The van der Waals surface area contributed by atoms with Gasteiger partial charge in [0.05, 0.1) is 5.69 Å². The Kier molecular flexibility index (Phi) is 5.78. The van der Waals surface area contributed by atoms with Crippen LogP contribution in [0.15, 0.2) is 47.3 Å². The van der Waals surface area contributed by atoms with Crippen molar-refractivity contribution in [3.05, 3.63) is 75.3 Å². The molecule has 0 fully saturated rings. The van der Waals surface area contributed by atoms with Gasteiger partial charge in [-0.05, 0) is 49.1 Å². The Balaban J connectivity index is 1.63. The van der Waals surface area contributed by atoms with Crippen molar-refractivity contribution < 1.29 is 14.3 Å². The molecule has 28 heavy (non-hydrogen) atoms. The number of pyridine rings is 1. The predicted octanol–water partition coefficient (Wildman–Crippen LogP) is 3.56. The van der Waals surface area contributed by atoms with Crippen molar-refractivity contribution in [2.24, 2.45) is 0 Å². The highest BCUT2D eigenvalue weighted by atomic mass is 16.6. The van der Waals surface area contributed by atoms with Gasteiger partial charge in [0.1, 0.15) is 18.0 Å². The molecule has 0 amide bonds. The van der Waals surface area contributed by atoms with E-state index in [1.165, 1.54) is 10.5 Å². The molecule has 0 N–H and O–H groups in total. The number of carbonyl (C=O) groups excluding carboxylic acids is 1. The number of benzene rings is 1. The van der Waals surface area contributed by atoms with E-state index in [-0.39, 0.29) is 18.8 Å². The number of rotatable bonds is 6. The van der Waals surface area contributed by atoms with Crippen molar-refractivity contribution in [3.63, 3.8) is 0 Å². The van der Waals surface area contributed by atoms with Crippen LogP contribution in [-0.4, -0.2) is 22.0 Å². The van der Waals surface area contributed by atoms with Crippen LogP contribution in [0.2, 0.25) is 0 Å². The second-order valence-corrected chi connectivity index (χ2v) is 7.08. The summed E-state index contributed by atoms with van der Waals surface area (Å²) < 4.78 is 12.4. The summed E-state index contributed by atoms with van der Waals surface area (Å²) in [4.78, 5) is 28.7. The third kappa shape index (κ3) is 4.39. The zero-order chi connectivity index (χ0) is 20.3. The highest BCUT2D eigenvalue weighted by molar-refractivity contribution is 5.71. The molecule has 0 unspecified atom stereocenters. The van der Waals surface area contributed by atoms with E-state index in [0.29, 0.717) is 23.0 Å². The fourth-order valence-corrected chi connectivity index (χ4v) is 2.90. The Morgan fingerprint density at radius 2 is 1.93 bits per heavy atom. The molecule has 0 atom stereocenters. The minimum atomic E-state index is -0.513. The van der Waals surface area contributed by atoms with Crippen molar-refractivity contribution in [3.8, 4) is 5.75 Å². The molecule has 3 rings (SSSR count). The number of hydrogen-bond donors (Lipinski definition) is 0. The molecule has 6 heteroatoms. The minimum absolute atomic E-state index is 0.0765. The quantitative estimate of drug-likeness (QED) is 0.612. The number of hydrogen-bond acceptors (Lipinski definition) is 5. The topological polar surface area (TPSA) is 69.9 Å². The maximum atomic E-state index is 12.3. The molecule has 0 aliphatic carbocycles. The molecular formula is C22H24N2O4. The summed E-state index contributed by atoms with van der Waals surface area (Å²) in [5.41, 5.74) is 3.62. The van der Waals surface area contributed by atoms with Gasteiger partial charge in [-0.1, -0.05) is 32.0 Å². The van der Waals surface area contributed by atoms with Crippen LogP contribution < -0.4 is 10.3 Å². The molecular weight excluding hydrogens is 356 g/mol. The highest BCUT2D eigenvalue weighted by Gasteiger charge is 2.10. The molecule has 0 saturated heterocycles. The van der Waals surface area contributed by atoms with Gasteiger partial charge in [0.2, 0.25) is 0 Å². The average Bonchev–Trinajstić information content (AvgIpc) is 2.65. The highest BCUT2D eigenvalue weighted by Crippen LogP contribution is 2.24. The summed E-state index contributed by atoms with van der Waals surface area (Å²) in [5.74, 6) is 0.526. The van der Waals surface area contributed by atoms with E-state index < -0.39 is 5.97 Å². The largest absolute Gasteiger partial charge is 0.482 e. The number of aromatic nitrogens is 2. The van der Waals surface area contributed by atoms with Gasteiger partial charge in [0.15, 0.2) is 6.61 Å². The predicted molar refractivity (Wildman–Crippen MR) is 107 cm³/mol. The number of carbonyl (C=O) groups is 1. The first-order valence-electron chi connectivity index (χ1n) is 9.22. The van der Waals surface area contributed by atoms with Gasteiger partial charge < -0.3 is 9.47 Å². The molecule has 0 radical (unpaired) electrons. The number of nitrogens with zero attached hydrogens (tertiary/aromatic N) is 2. The maximum Gasteiger partial charge on any atom is 0.344 e. The van der Waals surface area contributed by atoms with Crippen LogP contribution in [0.4, 0.5) is 0 Å². The number of esters is 1. The Hall–Kier alpha value is -3.15. The second kappa shape index (κ2) is 8.25. The third-order valence-corrected chi connectivity index (χ3v) is 4.54. The lowest BCUT2D eigenvalue weighted by Crippen LogP contribution is -2.20. The Morgan fingerprint density at radius 3 is 2.68 bits per heavy atom. The van der Waals surface area contributed by atoms with Crippen LogP contribution in [0, 0.1) is 13.8 Å². The molecule has 146 valence electrons. The normalized spacial score (nSPS) is 11.0. The molecule has 0 aliphatic heterocycles. The smallest absolute Gasteiger partial charge is 0.344 e. The monoisotopic (exact) mass is 380 g/mol. The van der Waals surface area contributed by atoms with Gasteiger partial charge in [-0.3, -0.25) is 9.20 Å². The zero-order valence-electron chi connectivity index (χ0n) is 16.6. The number of aryl methyl sites for hydroxylation is 2. The van der Waals surface area contributed by atoms with Gasteiger partial charge in [-0.25, -0.2) is 9.78 Å². The zero-order valence-corrected chi connectivity index (χ0v) is 16.6. The van der Waals surface area contributed by atoms with Crippen LogP contribution in [0.5, 0.6) is 5.75 Å². The first-order valence-corrected chi connectivity index (χ1v) is 9.22. The Morgan fingerprint density at radius 1 is 1.14 bits per heavy atom. The molecule has 2 aromatic heterocycles. The lowest BCUT2D eigenvalue weighted by atomic mass is 10.0. The van der Waals surface area contributed by atoms with Crippen molar-refractivity contribution >= 4 is 11.6 Å². The summed E-state index contributed by atoms with van der Waals surface area (Å²) in [7, 11) is 0. The standard InChI is InChI=1S/C22H24N2O4/c1-14(2)17-9-8-15(3)19(10-17)27-13-22(26)28-12-18-11-21(25)24-16(4)6-5-7-20(24)23-18/h5-11,14H,12-13H2,1-4H3. The van der Waals surface area contributed by atoms with Crippen LogP contribution >= 0.6 is 0 Å². The van der Waals surface area contributed by atoms with Crippen LogP contribution in [-0.2, 0) is 16.1 Å². The molecule has 3 aromatic rings. The van der Waals surface area contributed by atoms with Crippen molar-refractivity contribution in [2.45, 2.75) is 40.2 Å². The lowest BCUT2D eigenvalue weighted by molar-refractivity contribution is -0.147. The molecule has 0 spiro atoms. The number of fused-ring (bicyclic) bond motifs is 1. The second-order valence-electron chi connectivity index (χ2n) is 7.08. The van der Waals surface area contributed by atoms with E-state index in [9.17, 15) is 9.59 Å². The SMILES string of the molecule is Cc1ccc(C(C)C)cc1OCC(=O)OCc1cc(=O)n2c(C)cccc2n1. The fourth-order valence-electron chi connectivity index (χ4n) is 2.90. The van der Waals surface area contributed by atoms with E-state index in [0.717, 1.165) is 16.8 Å². The Bertz CT molecular complexity index is 1070. The summed E-state index contributed by atoms with van der Waals surface area (Å²) in [6.45, 7) is 7.69. The molecule has 6 nitrogen and oxygen atoms in total. The Labute approximate surface area is 163 Å². The first-order chi connectivity index (χ1) is 13.3.